The zero-order valence-corrected chi connectivity index (χ0v) is 8.78. The summed E-state index contributed by atoms with van der Waals surface area (Å²) in [5.74, 6) is 0. The van der Waals surface area contributed by atoms with Crippen molar-refractivity contribution in [2.75, 3.05) is 7.11 Å². The Hall–Kier alpha value is -1.53. The van der Waals surface area contributed by atoms with Gasteiger partial charge >= 0.3 is 0 Å². The standard InChI is InChI=1S/C9H8N2O3S/c1-14-5-9-10-7-3-2-6(11(12)13)4-8(7)15-9/h2-4H,5H2,1H3. The molecule has 0 aliphatic heterocycles. The summed E-state index contributed by atoms with van der Waals surface area (Å²) < 4.78 is 5.77. The van der Waals surface area contributed by atoms with Gasteiger partial charge in [-0.2, -0.15) is 0 Å². The van der Waals surface area contributed by atoms with Crippen LogP contribution in [-0.4, -0.2) is 17.0 Å². The van der Waals surface area contributed by atoms with Gasteiger partial charge in [0.05, 0.1) is 21.7 Å². The van der Waals surface area contributed by atoms with E-state index in [1.54, 1.807) is 13.2 Å². The average Bonchev–Trinajstić information content (AvgIpc) is 2.59. The lowest BCUT2D eigenvalue weighted by Crippen LogP contribution is -1.86. The van der Waals surface area contributed by atoms with E-state index in [1.165, 1.54) is 23.5 Å². The van der Waals surface area contributed by atoms with Gasteiger partial charge in [-0.3, -0.25) is 10.1 Å². The largest absolute Gasteiger partial charge is 0.378 e. The predicted molar refractivity (Wildman–Crippen MR) is 57.0 cm³/mol. The first-order valence-corrected chi connectivity index (χ1v) is 5.05. The molecule has 2 rings (SSSR count). The van der Waals surface area contributed by atoms with Gasteiger partial charge in [0.1, 0.15) is 5.01 Å². The molecule has 0 amide bonds. The second kappa shape index (κ2) is 3.92. The number of benzene rings is 1. The quantitative estimate of drug-likeness (QED) is 0.593. The van der Waals surface area contributed by atoms with Crippen LogP contribution in [0.15, 0.2) is 18.2 Å². The minimum absolute atomic E-state index is 0.0927. The van der Waals surface area contributed by atoms with Crippen molar-refractivity contribution in [1.82, 2.24) is 4.98 Å². The molecule has 0 N–H and O–H groups in total. The lowest BCUT2D eigenvalue weighted by molar-refractivity contribution is -0.384. The summed E-state index contributed by atoms with van der Waals surface area (Å²) in [6.07, 6.45) is 0. The van der Waals surface area contributed by atoms with Gasteiger partial charge in [-0.05, 0) is 6.07 Å². The number of nitro benzene ring substituents is 1. The molecular formula is C9H8N2O3S. The van der Waals surface area contributed by atoms with Gasteiger partial charge in [0, 0.05) is 19.2 Å². The molecule has 0 saturated heterocycles. The van der Waals surface area contributed by atoms with Gasteiger partial charge in [-0.1, -0.05) is 0 Å². The molecule has 0 aliphatic rings. The van der Waals surface area contributed by atoms with E-state index in [1.807, 2.05) is 0 Å². The summed E-state index contributed by atoms with van der Waals surface area (Å²) in [7, 11) is 1.59. The second-order valence-corrected chi connectivity index (χ2v) is 4.06. The number of nitrogens with zero attached hydrogens (tertiary/aromatic N) is 2. The van der Waals surface area contributed by atoms with Crippen molar-refractivity contribution in [2.24, 2.45) is 0 Å². The fourth-order valence-corrected chi connectivity index (χ4v) is 2.23. The van der Waals surface area contributed by atoms with E-state index < -0.39 is 4.92 Å². The number of non-ortho nitro benzene ring substituents is 1. The summed E-state index contributed by atoms with van der Waals surface area (Å²) in [6, 6.07) is 4.65. The number of fused-ring (bicyclic) bond motifs is 1. The van der Waals surface area contributed by atoms with Crippen LogP contribution in [0.5, 0.6) is 0 Å². The van der Waals surface area contributed by atoms with Crippen LogP contribution in [0, 0.1) is 10.1 Å². The molecule has 15 heavy (non-hydrogen) atoms. The Labute approximate surface area is 89.5 Å². The SMILES string of the molecule is COCc1nc2ccc([N+](=O)[O-])cc2s1. The highest BCUT2D eigenvalue weighted by Gasteiger charge is 2.09. The summed E-state index contributed by atoms with van der Waals surface area (Å²) >= 11 is 1.41. The highest BCUT2D eigenvalue weighted by Crippen LogP contribution is 2.26. The Bertz CT molecular complexity index is 509. The first kappa shape index (κ1) is 10.0. The van der Waals surface area contributed by atoms with Gasteiger partial charge < -0.3 is 4.74 Å². The highest BCUT2D eigenvalue weighted by atomic mass is 32.1. The van der Waals surface area contributed by atoms with Crippen LogP contribution in [0.2, 0.25) is 0 Å². The number of ether oxygens (including phenoxy) is 1. The molecule has 0 atom stereocenters. The zero-order valence-electron chi connectivity index (χ0n) is 7.97. The maximum atomic E-state index is 10.5. The van der Waals surface area contributed by atoms with Crippen molar-refractivity contribution in [3.05, 3.63) is 33.3 Å². The topological polar surface area (TPSA) is 65.3 Å². The molecule has 2 aromatic rings. The number of hydrogen-bond donors (Lipinski definition) is 0. The van der Waals surface area contributed by atoms with E-state index in [4.69, 9.17) is 4.74 Å². The first-order valence-electron chi connectivity index (χ1n) is 4.23. The number of nitro groups is 1. The Kier molecular flexibility index (Phi) is 2.61. The number of aromatic nitrogens is 1. The van der Waals surface area contributed by atoms with Crippen LogP contribution < -0.4 is 0 Å². The van der Waals surface area contributed by atoms with Crippen molar-refractivity contribution < 1.29 is 9.66 Å². The third kappa shape index (κ3) is 1.95. The van der Waals surface area contributed by atoms with E-state index in [-0.39, 0.29) is 5.69 Å². The third-order valence-corrected chi connectivity index (χ3v) is 2.89. The van der Waals surface area contributed by atoms with Crippen LogP contribution in [0.3, 0.4) is 0 Å². The zero-order chi connectivity index (χ0) is 10.8. The summed E-state index contributed by atoms with van der Waals surface area (Å²) in [6.45, 7) is 0.438. The maximum Gasteiger partial charge on any atom is 0.270 e. The van der Waals surface area contributed by atoms with Crippen LogP contribution in [0.25, 0.3) is 10.2 Å². The molecule has 0 saturated carbocycles. The molecule has 0 bridgehead atoms. The fraction of sp³-hybridized carbons (Fsp3) is 0.222. The van der Waals surface area contributed by atoms with Crippen molar-refractivity contribution in [3.63, 3.8) is 0 Å². The number of hydrogen-bond acceptors (Lipinski definition) is 5. The molecule has 78 valence electrons. The Morgan fingerprint density at radius 1 is 1.60 bits per heavy atom. The molecule has 0 unspecified atom stereocenters. The van der Waals surface area contributed by atoms with Gasteiger partial charge in [0.2, 0.25) is 0 Å². The van der Waals surface area contributed by atoms with Crippen LogP contribution in [0.1, 0.15) is 5.01 Å². The molecule has 0 radical (unpaired) electrons. The van der Waals surface area contributed by atoms with Crippen LogP contribution in [-0.2, 0) is 11.3 Å². The number of thiazole rings is 1. The molecule has 1 aromatic heterocycles. The maximum absolute atomic E-state index is 10.5. The molecule has 5 nitrogen and oxygen atoms in total. The predicted octanol–water partition coefficient (Wildman–Crippen LogP) is 2.35. The Morgan fingerprint density at radius 3 is 3.07 bits per heavy atom. The van der Waals surface area contributed by atoms with Gasteiger partial charge in [-0.15, -0.1) is 11.3 Å². The fourth-order valence-electron chi connectivity index (χ4n) is 1.26. The highest BCUT2D eigenvalue weighted by molar-refractivity contribution is 7.18. The molecular weight excluding hydrogens is 216 g/mol. The van der Waals surface area contributed by atoms with E-state index in [0.29, 0.717) is 6.61 Å². The van der Waals surface area contributed by atoms with Crippen LogP contribution in [0.4, 0.5) is 5.69 Å². The summed E-state index contributed by atoms with van der Waals surface area (Å²) in [5, 5.41) is 11.4. The lowest BCUT2D eigenvalue weighted by Gasteiger charge is -1.89. The third-order valence-electron chi connectivity index (χ3n) is 1.89. The van der Waals surface area contributed by atoms with E-state index in [2.05, 4.69) is 4.98 Å². The molecule has 0 fully saturated rings. The van der Waals surface area contributed by atoms with Crippen LogP contribution >= 0.6 is 11.3 Å². The van der Waals surface area contributed by atoms with E-state index >= 15 is 0 Å². The van der Waals surface area contributed by atoms with Crippen molar-refractivity contribution >= 4 is 27.2 Å². The van der Waals surface area contributed by atoms with E-state index in [9.17, 15) is 10.1 Å². The van der Waals surface area contributed by atoms with Crippen molar-refractivity contribution in [1.29, 1.82) is 0 Å². The van der Waals surface area contributed by atoms with Gasteiger partial charge in [0.25, 0.3) is 5.69 Å². The Balaban J connectivity index is 2.47. The number of methoxy groups -OCH3 is 1. The van der Waals surface area contributed by atoms with Gasteiger partial charge in [0.15, 0.2) is 0 Å². The average molecular weight is 224 g/mol. The Morgan fingerprint density at radius 2 is 2.40 bits per heavy atom. The number of rotatable bonds is 3. The minimum atomic E-state index is -0.408. The molecule has 1 aromatic carbocycles. The summed E-state index contributed by atoms with van der Waals surface area (Å²) in [5.41, 5.74) is 0.868. The second-order valence-electron chi connectivity index (χ2n) is 2.95. The van der Waals surface area contributed by atoms with E-state index in [0.717, 1.165) is 15.2 Å². The van der Waals surface area contributed by atoms with Gasteiger partial charge in [-0.25, -0.2) is 4.98 Å². The first-order chi connectivity index (χ1) is 7.20. The molecule has 6 heteroatoms. The molecule has 1 heterocycles. The monoisotopic (exact) mass is 224 g/mol. The summed E-state index contributed by atoms with van der Waals surface area (Å²) in [4.78, 5) is 14.4. The smallest absolute Gasteiger partial charge is 0.270 e. The van der Waals surface area contributed by atoms with Crippen molar-refractivity contribution in [2.45, 2.75) is 6.61 Å². The van der Waals surface area contributed by atoms with Crippen molar-refractivity contribution in [3.8, 4) is 0 Å². The normalized spacial score (nSPS) is 10.7. The minimum Gasteiger partial charge on any atom is -0.378 e. The molecule has 0 aliphatic carbocycles. The lowest BCUT2D eigenvalue weighted by atomic mass is 10.3. The molecule has 0 spiro atoms.